The van der Waals surface area contributed by atoms with Gasteiger partial charge in [-0.25, -0.2) is 8.42 Å². The summed E-state index contributed by atoms with van der Waals surface area (Å²) in [5.74, 6) is 0.421. The van der Waals surface area contributed by atoms with E-state index in [0.717, 1.165) is 16.9 Å². The summed E-state index contributed by atoms with van der Waals surface area (Å²) in [6.45, 7) is -0.306. The van der Waals surface area contributed by atoms with E-state index in [0.29, 0.717) is 16.9 Å². The fraction of sp³-hybridized carbons (Fsp3) is 0.0741. The van der Waals surface area contributed by atoms with Gasteiger partial charge in [-0.3, -0.25) is 9.10 Å². The van der Waals surface area contributed by atoms with Crippen LogP contribution in [0.1, 0.15) is 5.56 Å². The minimum atomic E-state index is -3.85. The number of carbonyl (C=O) groups excluding carboxylic acids is 1. The first-order valence-corrected chi connectivity index (χ1v) is 13.2. The van der Waals surface area contributed by atoms with E-state index < -0.39 is 15.9 Å². The lowest BCUT2D eigenvalue weighted by Gasteiger charge is -2.31. The van der Waals surface area contributed by atoms with Crippen LogP contribution in [0.4, 0.5) is 11.4 Å². The molecule has 7 heteroatoms. The molecule has 0 spiro atoms. The summed E-state index contributed by atoms with van der Waals surface area (Å²) in [4.78, 5) is 14.3. The maximum Gasteiger partial charge on any atom is 0.265 e. The number of hydrogen-bond acceptors (Lipinski definition) is 4. The molecule has 1 aliphatic rings. The van der Waals surface area contributed by atoms with Crippen molar-refractivity contribution in [3.05, 3.63) is 109 Å². The molecule has 1 heterocycles. The number of rotatable bonds is 6. The summed E-state index contributed by atoms with van der Waals surface area (Å²) in [6, 6.07) is 31.9. The van der Waals surface area contributed by atoms with Crippen LogP contribution in [0.2, 0.25) is 0 Å². The molecule has 5 nitrogen and oxygen atoms in total. The number of para-hydroxylation sites is 1. The van der Waals surface area contributed by atoms with Crippen LogP contribution in [-0.4, -0.2) is 20.9 Å². The average Bonchev–Trinajstić information content (AvgIpc) is 2.87. The molecular weight excluding hydrogens is 464 g/mol. The zero-order valence-corrected chi connectivity index (χ0v) is 19.9. The average molecular weight is 487 g/mol. The van der Waals surface area contributed by atoms with Crippen LogP contribution < -0.4 is 9.62 Å². The summed E-state index contributed by atoms with van der Waals surface area (Å²) in [6.07, 6.45) is 0. The second-order valence-electron chi connectivity index (χ2n) is 7.87. The Bertz CT molecular complexity index is 1440. The van der Waals surface area contributed by atoms with Gasteiger partial charge in [0.2, 0.25) is 5.91 Å². The molecule has 0 saturated carbocycles. The molecule has 0 radical (unpaired) electrons. The van der Waals surface area contributed by atoms with E-state index in [1.807, 2.05) is 60.7 Å². The Hall–Kier alpha value is -3.55. The van der Waals surface area contributed by atoms with Crippen LogP contribution in [-0.2, 0) is 20.6 Å². The number of thioether (sulfide) groups is 1. The summed E-state index contributed by atoms with van der Waals surface area (Å²) < 4.78 is 27.8. The van der Waals surface area contributed by atoms with Crippen LogP contribution >= 0.6 is 11.8 Å². The molecule has 0 aliphatic carbocycles. The topological polar surface area (TPSA) is 66.5 Å². The van der Waals surface area contributed by atoms with Crippen LogP contribution in [0.5, 0.6) is 0 Å². The van der Waals surface area contributed by atoms with Crippen molar-refractivity contribution in [2.75, 3.05) is 16.2 Å². The summed E-state index contributed by atoms with van der Waals surface area (Å²) in [5.41, 5.74) is 3.71. The normalized spacial score (nSPS) is 13.6. The van der Waals surface area contributed by atoms with E-state index in [-0.39, 0.29) is 11.4 Å². The largest absolute Gasteiger partial charge is 0.325 e. The quantitative estimate of drug-likeness (QED) is 0.350. The lowest BCUT2D eigenvalue weighted by atomic mass is 10.0. The van der Waals surface area contributed by atoms with Gasteiger partial charge in [-0.2, -0.15) is 0 Å². The van der Waals surface area contributed by atoms with Gasteiger partial charge >= 0.3 is 0 Å². The number of nitrogens with one attached hydrogen (secondary N) is 1. The first-order chi connectivity index (χ1) is 16.5. The SMILES string of the molecule is O=C(CN1c2ccccc2-c2ccccc2S1(=O)=O)Nc1ccc(CSc2ccccc2)cc1. The van der Waals surface area contributed by atoms with Crippen molar-refractivity contribution in [2.24, 2.45) is 0 Å². The molecule has 0 fully saturated rings. The van der Waals surface area contributed by atoms with Gasteiger partial charge in [-0.1, -0.05) is 66.7 Å². The fourth-order valence-corrected chi connectivity index (χ4v) is 6.47. The van der Waals surface area contributed by atoms with Gasteiger partial charge in [0.05, 0.1) is 10.6 Å². The second-order valence-corrected chi connectivity index (χ2v) is 10.8. The molecule has 0 saturated heterocycles. The van der Waals surface area contributed by atoms with Gasteiger partial charge in [0.15, 0.2) is 0 Å². The predicted molar refractivity (Wildman–Crippen MR) is 137 cm³/mol. The molecule has 34 heavy (non-hydrogen) atoms. The smallest absolute Gasteiger partial charge is 0.265 e. The molecule has 0 unspecified atom stereocenters. The highest BCUT2D eigenvalue weighted by Gasteiger charge is 2.35. The highest BCUT2D eigenvalue weighted by molar-refractivity contribution is 7.98. The Balaban J connectivity index is 1.30. The van der Waals surface area contributed by atoms with Crippen molar-refractivity contribution in [1.82, 2.24) is 0 Å². The van der Waals surface area contributed by atoms with Gasteiger partial charge in [0, 0.05) is 27.5 Å². The molecule has 4 aromatic rings. The monoisotopic (exact) mass is 486 g/mol. The summed E-state index contributed by atoms with van der Waals surface area (Å²) in [5, 5.41) is 2.83. The Morgan fingerprint density at radius 2 is 1.41 bits per heavy atom. The molecule has 5 rings (SSSR count). The zero-order valence-electron chi connectivity index (χ0n) is 18.2. The van der Waals surface area contributed by atoms with Gasteiger partial charge in [0.25, 0.3) is 10.0 Å². The molecule has 1 amide bonds. The van der Waals surface area contributed by atoms with E-state index in [1.165, 1.54) is 9.20 Å². The van der Waals surface area contributed by atoms with Crippen molar-refractivity contribution in [1.29, 1.82) is 0 Å². The molecule has 170 valence electrons. The van der Waals surface area contributed by atoms with E-state index in [1.54, 1.807) is 42.1 Å². The number of fused-ring (bicyclic) bond motifs is 3. The standard InChI is InChI=1S/C27H22N2O3S2/c30-27(28-21-16-14-20(15-17-21)19-33-22-8-2-1-3-9-22)18-29-25-12-6-4-10-23(25)24-11-5-7-13-26(24)34(29,31)32/h1-17H,18-19H2,(H,28,30). The maximum absolute atomic E-state index is 13.3. The minimum absolute atomic E-state index is 0.210. The van der Waals surface area contributed by atoms with Gasteiger partial charge in [-0.05, 0) is 42.0 Å². The lowest BCUT2D eigenvalue weighted by Crippen LogP contribution is -2.40. The molecule has 0 aromatic heterocycles. The van der Waals surface area contributed by atoms with Gasteiger partial charge < -0.3 is 5.32 Å². The van der Waals surface area contributed by atoms with Crippen LogP contribution in [0.3, 0.4) is 0 Å². The summed E-state index contributed by atoms with van der Waals surface area (Å²) >= 11 is 1.74. The van der Waals surface area contributed by atoms with Crippen molar-refractivity contribution in [3.63, 3.8) is 0 Å². The molecule has 1 aliphatic heterocycles. The van der Waals surface area contributed by atoms with Gasteiger partial charge in [-0.15, -0.1) is 11.8 Å². The lowest BCUT2D eigenvalue weighted by molar-refractivity contribution is -0.114. The molecule has 1 N–H and O–H groups in total. The Morgan fingerprint density at radius 1 is 0.765 bits per heavy atom. The number of carbonyl (C=O) groups is 1. The molecular formula is C27H22N2O3S2. The summed E-state index contributed by atoms with van der Waals surface area (Å²) in [7, 11) is -3.85. The third-order valence-corrected chi connectivity index (χ3v) is 8.49. The van der Waals surface area contributed by atoms with E-state index in [4.69, 9.17) is 0 Å². The second kappa shape index (κ2) is 9.37. The first kappa shape index (κ1) is 22.3. The first-order valence-electron chi connectivity index (χ1n) is 10.8. The van der Waals surface area contributed by atoms with Crippen LogP contribution in [0, 0.1) is 0 Å². The number of sulfonamides is 1. The number of amides is 1. The van der Waals surface area contributed by atoms with Crippen molar-refractivity contribution in [3.8, 4) is 11.1 Å². The highest BCUT2D eigenvalue weighted by atomic mass is 32.2. The van der Waals surface area contributed by atoms with Crippen LogP contribution in [0.15, 0.2) is 113 Å². The van der Waals surface area contributed by atoms with Crippen molar-refractivity contribution >= 4 is 39.1 Å². The Kier molecular flexibility index (Phi) is 6.13. The van der Waals surface area contributed by atoms with Crippen molar-refractivity contribution in [2.45, 2.75) is 15.5 Å². The molecule has 0 bridgehead atoms. The Labute approximate surface area is 203 Å². The number of benzene rings is 4. The zero-order chi connectivity index (χ0) is 23.5. The number of anilines is 2. The highest BCUT2D eigenvalue weighted by Crippen LogP contribution is 2.42. The van der Waals surface area contributed by atoms with Crippen molar-refractivity contribution < 1.29 is 13.2 Å². The molecule has 4 aromatic carbocycles. The predicted octanol–water partition coefficient (Wildman–Crippen LogP) is 5.79. The van der Waals surface area contributed by atoms with E-state index >= 15 is 0 Å². The van der Waals surface area contributed by atoms with Gasteiger partial charge in [0.1, 0.15) is 6.54 Å². The number of hydrogen-bond donors (Lipinski definition) is 1. The van der Waals surface area contributed by atoms with Crippen LogP contribution in [0.25, 0.3) is 11.1 Å². The third-order valence-electron chi connectivity index (χ3n) is 5.59. The minimum Gasteiger partial charge on any atom is -0.325 e. The molecule has 0 atom stereocenters. The Morgan fingerprint density at radius 3 is 2.18 bits per heavy atom. The van der Waals surface area contributed by atoms with E-state index in [9.17, 15) is 13.2 Å². The van der Waals surface area contributed by atoms with E-state index in [2.05, 4.69) is 17.4 Å². The fourth-order valence-electron chi connectivity index (χ4n) is 3.95. The maximum atomic E-state index is 13.3. The number of nitrogens with zero attached hydrogens (tertiary/aromatic N) is 1. The third kappa shape index (κ3) is 4.44.